The fourth-order valence-corrected chi connectivity index (χ4v) is 4.47. The summed E-state index contributed by atoms with van der Waals surface area (Å²) in [6.07, 6.45) is 8.59. The number of pyridine rings is 2. The Bertz CT molecular complexity index is 1160. The summed E-state index contributed by atoms with van der Waals surface area (Å²) < 4.78 is 12.3. The van der Waals surface area contributed by atoms with Gasteiger partial charge in [0.15, 0.2) is 5.75 Å². The lowest BCUT2D eigenvalue weighted by Crippen LogP contribution is -2.28. The number of aliphatic hydroxyl groups excluding tert-OH is 1. The van der Waals surface area contributed by atoms with E-state index in [0.717, 1.165) is 31.2 Å². The molecule has 3 aromatic rings. The van der Waals surface area contributed by atoms with Crippen molar-refractivity contribution >= 4 is 11.6 Å². The second-order valence-electron chi connectivity index (χ2n) is 8.12. The number of anilines is 1. The van der Waals surface area contributed by atoms with Gasteiger partial charge in [0.1, 0.15) is 0 Å². The Kier molecular flexibility index (Phi) is 5.26. The molecule has 0 aromatic carbocycles. The molecule has 5 rings (SSSR count). The first-order valence-corrected chi connectivity index (χ1v) is 10.7. The summed E-state index contributed by atoms with van der Waals surface area (Å²) in [5, 5.41) is 14.8. The number of methoxy groups -OCH3 is 2. The first-order chi connectivity index (χ1) is 15.6. The van der Waals surface area contributed by atoms with Crippen LogP contribution in [-0.4, -0.2) is 51.1 Å². The smallest absolute Gasteiger partial charge is 0.260 e. The molecule has 0 radical (unpaired) electrons. The molecule has 0 bridgehead atoms. The first kappa shape index (κ1) is 20.4. The maximum absolute atomic E-state index is 13.0. The minimum atomic E-state index is -0.401. The second kappa shape index (κ2) is 8.23. The van der Waals surface area contributed by atoms with Crippen molar-refractivity contribution in [3.63, 3.8) is 0 Å². The third-order valence-corrected chi connectivity index (χ3v) is 6.22. The lowest BCUT2D eigenvalue weighted by atomic mass is 9.93. The van der Waals surface area contributed by atoms with E-state index < -0.39 is 6.10 Å². The molecule has 9 heteroatoms. The minimum absolute atomic E-state index is 0.0418. The molecule has 166 valence electrons. The summed E-state index contributed by atoms with van der Waals surface area (Å²) in [6.45, 7) is 0.363. The Balaban J connectivity index is 1.40. The number of aliphatic hydroxyl groups is 1. The van der Waals surface area contributed by atoms with Crippen LogP contribution in [0.4, 0.5) is 5.69 Å². The maximum atomic E-state index is 13.0. The summed E-state index contributed by atoms with van der Waals surface area (Å²) in [7, 11) is 3.10. The van der Waals surface area contributed by atoms with Gasteiger partial charge in [-0.1, -0.05) is 12.8 Å². The third kappa shape index (κ3) is 3.48. The summed E-state index contributed by atoms with van der Waals surface area (Å²) in [6, 6.07) is 5.38. The van der Waals surface area contributed by atoms with Crippen molar-refractivity contribution in [2.75, 3.05) is 19.1 Å². The summed E-state index contributed by atoms with van der Waals surface area (Å²) in [4.78, 5) is 23.7. The highest BCUT2D eigenvalue weighted by Crippen LogP contribution is 2.34. The van der Waals surface area contributed by atoms with E-state index in [1.54, 1.807) is 35.2 Å². The largest absolute Gasteiger partial charge is 0.491 e. The molecule has 1 amide bonds. The monoisotopic (exact) mass is 435 g/mol. The number of hydrogen-bond donors (Lipinski definition) is 1. The van der Waals surface area contributed by atoms with Gasteiger partial charge in [-0.2, -0.15) is 5.10 Å². The van der Waals surface area contributed by atoms with Gasteiger partial charge < -0.3 is 14.6 Å². The van der Waals surface area contributed by atoms with Crippen molar-refractivity contribution in [3.05, 3.63) is 48.0 Å². The van der Waals surface area contributed by atoms with Gasteiger partial charge in [-0.3, -0.25) is 19.4 Å². The lowest BCUT2D eigenvalue weighted by molar-refractivity contribution is 0.0695. The van der Waals surface area contributed by atoms with E-state index in [1.807, 2.05) is 18.3 Å². The number of nitrogens with zero attached hydrogens (tertiary/aromatic N) is 5. The van der Waals surface area contributed by atoms with Gasteiger partial charge in [0.05, 0.1) is 61.7 Å². The zero-order valence-corrected chi connectivity index (χ0v) is 18.1. The van der Waals surface area contributed by atoms with Crippen molar-refractivity contribution in [1.29, 1.82) is 0 Å². The summed E-state index contributed by atoms with van der Waals surface area (Å²) in [5.41, 5.74) is 3.46. The Labute approximate surface area is 185 Å². The zero-order chi connectivity index (χ0) is 22.2. The fraction of sp³-hybridized carbons (Fsp3) is 0.391. The van der Waals surface area contributed by atoms with Crippen molar-refractivity contribution in [2.24, 2.45) is 0 Å². The molecule has 1 saturated carbocycles. The molecule has 32 heavy (non-hydrogen) atoms. The number of aromatic nitrogens is 4. The van der Waals surface area contributed by atoms with Crippen molar-refractivity contribution in [2.45, 2.75) is 44.4 Å². The number of carbonyl (C=O) groups is 1. The molecule has 2 unspecified atom stereocenters. The molecule has 2 aliphatic rings. The van der Waals surface area contributed by atoms with Crippen LogP contribution in [0.2, 0.25) is 0 Å². The van der Waals surface area contributed by atoms with E-state index in [0.29, 0.717) is 40.8 Å². The topological polar surface area (TPSA) is 103 Å². The highest BCUT2D eigenvalue weighted by Gasteiger charge is 2.32. The van der Waals surface area contributed by atoms with E-state index in [1.165, 1.54) is 7.11 Å². The zero-order valence-electron chi connectivity index (χ0n) is 18.1. The molecule has 9 nitrogen and oxygen atoms in total. The van der Waals surface area contributed by atoms with Crippen LogP contribution in [-0.2, 0) is 6.54 Å². The fourth-order valence-electron chi connectivity index (χ4n) is 4.47. The summed E-state index contributed by atoms with van der Waals surface area (Å²) in [5.74, 6) is 0.814. The van der Waals surface area contributed by atoms with E-state index in [-0.39, 0.29) is 11.9 Å². The molecule has 1 N–H and O–H groups in total. The Morgan fingerprint density at radius 2 is 1.97 bits per heavy atom. The number of ether oxygens (including phenoxy) is 2. The van der Waals surface area contributed by atoms with E-state index in [2.05, 4.69) is 10.1 Å². The third-order valence-electron chi connectivity index (χ3n) is 6.22. The predicted octanol–water partition coefficient (Wildman–Crippen LogP) is 2.99. The average Bonchev–Trinajstić information content (AvgIpc) is 3.43. The van der Waals surface area contributed by atoms with Crippen molar-refractivity contribution in [1.82, 2.24) is 19.7 Å². The van der Waals surface area contributed by atoms with Crippen LogP contribution in [0, 0.1) is 0 Å². The standard InChI is InChI=1S/C23H25N5O4/c1-31-21-9-14(10-24-22(21)32-2)17-8-7-16-18(26-17)13-27(23(16)30)15-11-25-28(12-15)19-5-3-4-6-20(19)29/h7-12,19-20,29H,3-6,13H2,1-2H3. The highest BCUT2D eigenvalue weighted by molar-refractivity contribution is 6.09. The molecule has 1 fully saturated rings. The van der Waals surface area contributed by atoms with Gasteiger partial charge in [0.25, 0.3) is 11.8 Å². The van der Waals surface area contributed by atoms with Crippen LogP contribution in [0.15, 0.2) is 36.8 Å². The average molecular weight is 435 g/mol. The van der Waals surface area contributed by atoms with E-state index >= 15 is 0 Å². The van der Waals surface area contributed by atoms with Crippen LogP contribution in [0.3, 0.4) is 0 Å². The Morgan fingerprint density at radius 3 is 2.75 bits per heavy atom. The van der Waals surface area contributed by atoms with Crippen LogP contribution < -0.4 is 14.4 Å². The Morgan fingerprint density at radius 1 is 1.12 bits per heavy atom. The molecule has 0 saturated heterocycles. The molecule has 1 aliphatic carbocycles. The Hall–Kier alpha value is -3.46. The maximum Gasteiger partial charge on any atom is 0.260 e. The number of amides is 1. The number of carbonyl (C=O) groups excluding carboxylic acids is 1. The summed E-state index contributed by atoms with van der Waals surface area (Å²) >= 11 is 0. The number of rotatable bonds is 5. The van der Waals surface area contributed by atoms with Gasteiger partial charge in [-0.25, -0.2) is 4.98 Å². The quantitative estimate of drug-likeness (QED) is 0.657. The van der Waals surface area contributed by atoms with Crippen molar-refractivity contribution in [3.8, 4) is 22.9 Å². The molecular weight excluding hydrogens is 410 g/mol. The lowest BCUT2D eigenvalue weighted by Gasteiger charge is -2.27. The van der Waals surface area contributed by atoms with Crippen LogP contribution >= 0.6 is 0 Å². The molecule has 0 spiro atoms. The SMILES string of the molecule is COc1cc(-c2ccc3c(n2)CN(c2cnn(C4CCCCC4O)c2)C3=O)cnc1OC. The van der Waals surface area contributed by atoms with Crippen molar-refractivity contribution < 1.29 is 19.4 Å². The second-order valence-corrected chi connectivity index (χ2v) is 8.12. The first-order valence-electron chi connectivity index (χ1n) is 10.7. The van der Waals surface area contributed by atoms with Gasteiger partial charge in [0.2, 0.25) is 0 Å². The van der Waals surface area contributed by atoms with Crippen LogP contribution in [0.1, 0.15) is 47.8 Å². The van der Waals surface area contributed by atoms with Gasteiger partial charge in [0, 0.05) is 18.0 Å². The van der Waals surface area contributed by atoms with Gasteiger partial charge >= 0.3 is 0 Å². The highest BCUT2D eigenvalue weighted by atomic mass is 16.5. The van der Waals surface area contributed by atoms with E-state index in [9.17, 15) is 9.90 Å². The van der Waals surface area contributed by atoms with Crippen LogP contribution in [0.5, 0.6) is 11.6 Å². The number of fused-ring (bicyclic) bond motifs is 1. The minimum Gasteiger partial charge on any atom is -0.491 e. The molecule has 4 heterocycles. The normalized spacial score (nSPS) is 20.3. The molecule has 1 aliphatic heterocycles. The van der Waals surface area contributed by atoms with E-state index in [4.69, 9.17) is 14.5 Å². The van der Waals surface area contributed by atoms with Gasteiger partial charge in [-0.05, 0) is 31.0 Å². The van der Waals surface area contributed by atoms with Crippen LogP contribution in [0.25, 0.3) is 11.3 Å². The molecule has 2 atom stereocenters. The predicted molar refractivity (Wildman–Crippen MR) is 117 cm³/mol. The van der Waals surface area contributed by atoms with Gasteiger partial charge in [-0.15, -0.1) is 0 Å². The number of hydrogen-bond acceptors (Lipinski definition) is 7. The molecular formula is C23H25N5O4. The molecule has 3 aromatic heterocycles.